The number of rotatable bonds is 2. The van der Waals surface area contributed by atoms with Crippen molar-refractivity contribution in [2.24, 2.45) is 11.7 Å². The lowest BCUT2D eigenvalue weighted by Crippen LogP contribution is -2.51. The van der Waals surface area contributed by atoms with E-state index in [1.54, 1.807) is 6.07 Å². The quantitative estimate of drug-likeness (QED) is 0.907. The molecule has 4 heteroatoms. The Bertz CT molecular complexity index is 475. The van der Waals surface area contributed by atoms with Gasteiger partial charge >= 0.3 is 0 Å². The molecule has 3 nitrogen and oxygen atoms in total. The number of nitrogens with two attached hydrogens (primary N) is 1. The SMILES string of the molecule is CC(N)(c1ccc(F)cn1)C1CCOC2(CCCCC2)C1. The van der Waals surface area contributed by atoms with Crippen LogP contribution in [0, 0.1) is 11.7 Å². The van der Waals surface area contributed by atoms with E-state index in [9.17, 15) is 4.39 Å². The minimum atomic E-state index is -0.526. The molecule has 2 fully saturated rings. The second-order valence-electron chi connectivity index (χ2n) is 6.93. The molecule has 2 atom stereocenters. The van der Waals surface area contributed by atoms with E-state index in [0.29, 0.717) is 5.92 Å². The molecule has 1 aromatic heterocycles. The molecule has 2 heterocycles. The third-order valence-corrected chi connectivity index (χ3v) is 5.39. The molecule has 1 saturated carbocycles. The van der Waals surface area contributed by atoms with Gasteiger partial charge in [-0.1, -0.05) is 19.3 Å². The summed E-state index contributed by atoms with van der Waals surface area (Å²) < 4.78 is 19.2. The molecule has 3 rings (SSSR count). The highest BCUT2D eigenvalue weighted by atomic mass is 19.1. The number of hydrogen-bond donors (Lipinski definition) is 1. The Balaban J connectivity index is 1.79. The molecule has 1 aromatic rings. The third-order valence-electron chi connectivity index (χ3n) is 5.39. The average molecular weight is 292 g/mol. The van der Waals surface area contributed by atoms with Crippen LogP contribution >= 0.6 is 0 Å². The van der Waals surface area contributed by atoms with Crippen molar-refractivity contribution in [2.75, 3.05) is 6.61 Å². The molecule has 1 spiro atoms. The van der Waals surface area contributed by atoms with Crippen LogP contribution in [0.25, 0.3) is 0 Å². The maximum absolute atomic E-state index is 13.1. The molecule has 21 heavy (non-hydrogen) atoms. The van der Waals surface area contributed by atoms with Crippen molar-refractivity contribution in [3.8, 4) is 0 Å². The summed E-state index contributed by atoms with van der Waals surface area (Å²) in [6, 6.07) is 3.17. The van der Waals surface area contributed by atoms with Crippen molar-refractivity contribution >= 4 is 0 Å². The van der Waals surface area contributed by atoms with Gasteiger partial charge < -0.3 is 10.5 Å². The molecule has 2 N–H and O–H groups in total. The Hall–Kier alpha value is -1.00. The van der Waals surface area contributed by atoms with Crippen molar-refractivity contribution in [2.45, 2.75) is 63.0 Å². The Kier molecular flexibility index (Phi) is 4.02. The van der Waals surface area contributed by atoms with Crippen molar-refractivity contribution in [3.05, 3.63) is 29.8 Å². The van der Waals surface area contributed by atoms with Crippen LogP contribution < -0.4 is 5.73 Å². The summed E-state index contributed by atoms with van der Waals surface area (Å²) >= 11 is 0. The van der Waals surface area contributed by atoms with Gasteiger partial charge in [0.1, 0.15) is 5.82 Å². The summed E-state index contributed by atoms with van der Waals surface area (Å²) in [6.45, 7) is 2.80. The van der Waals surface area contributed by atoms with Crippen LogP contribution in [0.3, 0.4) is 0 Å². The highest BCUT2D eigenvalue weighted by molar-refractivity contribution is 5.17. The van der Waals surface area contributed by atoms with E-state index >= 15 is 0 Å². The van der Waals surface area contributed by atoms with Crippen LogP contribution in [0.15, 0.2) is 18.3 Å². The second-order valence-corrected chi connectivity index (χ2v) is 6.93. The first kappa shape index (κ1) is 14.9. The van der Waals surface area contributed by atoms with Gasteiger partial charge in [0.15, 0.2) is 0 Å². The van der Waals surface area contributed by atoms with Crippen LogP contribution in [0.5, 0.6) is 0 Å². The zero-order valence-electron chi connectivity index (χ0n) is 12.8. The second kappa shape index (κ2) is 5.65. The molecule has 2 unspecified atom stereocenters. The van der Waals surface area contributed by atoms with E-state index in [-0.39, 0.29) is 11.4 Å². The summed E-state index contributed by atoms with van der Waals surface area (Å²) in [6.07, 6.45) is 9.33. The predicted molar refractivity (Wildman–Crippen MR) is 80.2 cm³/mol. The van der Waals surface area contributed by atoms with Crippen LogP contribution in [0.2, 0.25) is 0 Å². The molecule has 0 bridgehead atoms. The lowest BCUT2D eigenvalue weighted by molar-refractivity contribution is -0.127. The van der Waals surface area contributed by atoms with Crippen molar-refractivity contribution in [1.82, 2.24) is 4.98 Å². The van der Waals surface area contributed by atoms with Crippen molar-refractivity contribution < 1.29 is 9.13 Å². The van der Waals surface area contributed by atoms with Gasteiger partial charge in [-0.3, -0.25) is 4.98 Å². The fraction of sp³-hybridized carbons (Fsp3) is 0.706. The Morgan fingerprint density at radius 2 is 2.10 bits per heavy atom. The first-order valence-corrected chi connectivity index (χ1v) is 8.07. The van der Waals surface area contributed by atoms with Gasteiger partial charge in [-0.25, -0.2) is 4.39 Å². The molecule has 116 valence electrons. The minimum Gasteiger partial charge on any atom is -0.375 e. The summed E-state index contributed by atoms with van der Waals surface area (Å²) in [7, 11) is 0. The number of halogens is 1. The maximum Gasteiger partial charge on any atom is 0.141 e. The largest absolute Gasteiger partial charge is 0.375 e. The van der Waals surface area contributed by atoms with Crippen LogP contribution in [-0.2, 0) is 10.3 Å². The summed E-state index contributed by atoms with van der Waals surface area (Å²) in [5, 5.41) is 0. The van der Waals surface area contributed by atoms with E-state index in [4.69, 9.17) is 10.5 Å². The van der Waals surface area contributed by atoms with Gasteiger partial charge in [-0.05, 0) is 50.7 Å². The molecule has 1 aliphatic heterocycles. The summed E-state index contributed by atoms with van der Waals surface area (Å²) in [4.78, 5) is 4.22. The van der Waals surface area contributed by atoms with Crippen molar-refractivity contribution in [1.29, 1.82) is 0 Å². The molecule has 0 amide bonds. The van der Waals surface area contributed by atoms with E-state index < -0.39 is 5.54 Å². The van der Waals surface area contributed by atoms with Gasteiger partial charge in [0.25, 0.3) is 0 Å². The highest BCUT2D eigenvalue weighted by Gasteiger charge is 2.44. The predicted octanol–water partition coefficient (Wildman–Crippen LogP) is 3.52. The van der Waals surface area contributed by atoms with Crippen LogP contribution in [-0.4, -0.2) is 17.2 Å². The van der Waals surface area contributed by atoms with Gasteiger partial charge in [0, 0.05) is 6.61 Å². The molecule has 0 aromatic carbocycles. The number of aromatic nitrogens is 1. The fourth-order valence-electron chi connectivity index (χ4n) is 3.99. The smallest absolute Gasteiger partial charge is 0.141 e. The Morgan fingerprint density at radius 1 is 1.33 bits per heavy atom. The number of hydrogen-bond acceptors (Lipinski definition) is 3. The number of nitrogens with zero attached hydrogens (tertiary/aromatic N) is 1. The van der Waals surface area contributed by atoms with Gasteiger partial charge in [-0.2, -0.15) is 0 Å². The standard InChI is InChI=1S/C17H25FN2O/c1-16(19,15-6-5-14(18)12-20-15)13-7-10-21-17(11-13)8-3-2-4-9-17/h5-6,12-13H,2-4,7-11,19H2,1H3. The van der Waals surface area contributed by atoms with Crippen LogP contribution in [0.4, 0.5) is 4.39 Å². The molecular formula is C17H25FN2O. The first-order valence-electron chi connectivity index (χ1n) is 8.07. The van der Waals surface area contributed by atoms with Crippen molar-refractivity contribution in [3.63, 3.8) is 0 Å². The Labute approximate surface area is 126 Å². The zero-order valence-corrected chi connectivity index (χ0v) is 12.8. The first-order chi connectivity index (χ1) is 10.0. The van der Waals surface area contributed by atoms with E-state index in [2.05, 4.69) is 4.98 Å². The van der Waals surface area contributed by atoms with Gasteiger partial charge in [-0.15, -0.1) is 0 Å². The summed E-state index contributed by atoms with van der Waals surface area (Å²) in [5.41, 5.74) is 6.90. The van der Waals surface area contributed by atoms with Gasteiger partial charge in [0.2, 0.25) is 0 Å². The number of ether oxygens (including phenoxy) is 1. The zero-order chi connectivity index (χ0) is 14.9. The maximum atomic E-state index is 13.1. The molecule has 1 aliphatic carbocycles. The monoisotopic (exact) mass is 292 g/mol. The minimum absolute atomic E-state index is 0.0296. The summed E-state index contributed by atoms with van der Waals surface area (Å²) in [5.74, 6) is 0.0209. The van der Waals surface area contributed by atoms with Gasteiger partial charge in [0.05, 0.1) is 23.0 Å². The topological polar surface area (TPSA) is 48.1 Å². The average Bonchev–Trinajstić information content (AvgIpc) is 2.48. The molecule has 1 saturated heterocycles. The van der Waals surface area contributed by atoms with Crippen LogP contribution in [0.1, 0.15) is 57.6 Å². The van der Waals surface area contributed by atoms with E-state index in [1.165, 1.54) is 31.5 Å². The lowest BCUT2D eigenvalue weighted by Gasteiger charge is -2.47. The molecular weight excluding hydrogens is 267 g/mol. The normalized spacial score (nSPS) is 28.2. The number of pyridine rings is 1. The lowest BCUT2D eigenvalue weighted by atomic mass is 9.69. The fourth-order valence-corrected chi connectivity index (χ4v) is 3.99. The third kappa shape index (κ3) is 2.97. The highest BCUT2D eigenvalue weighted by Crippen LogP contribution is 2.45. The van der Waals surface area contributed by atoms with E-state index in [0.717, 1.165) is 38.0 Å². The Morgan fingerprint density at radius 3 is 2.76 bits per heavy atom. The molecule has 0 radical (unpaired) electrons. The molecule has 2 aliphatic rings. The van der Waals surface area contributed by atoms with E-state index in [1.807, 2.05) is 6.92 Å².